The number of ether oxygens (including phenoxy) is 1. The van der Waals surface area contributed by atoms with Gasteiger partial charge in [-0.3, -0.25) is 0 Å². The number of hydrogen-bond donors (Lipinski definition) is 2. The highest BCUT2D eigenvalue weighted by molar-refractivity contribution is 5.87. The molecule has 0 radical (unpaired) electrons. The van der Waals surface area contributed by atoms with Crippen molar-refractivity contribution in [1.82, 2.24) is 15.3 Å². The van der Waals surface area contributed by atoms with E-state index in [9.17, 15) is 9.90 Å². The van der Waals surface area contributed by atoms with Crippen molar-refractivity contribution in [3.05, 3.63) is 22.8 Å². The lowest BCUT2D eigenvalue weighted by Crippen LogP contribution is -2.28. The Bertz CT molecular complexity index is 458. The first kappa shape index (κ1) is 12.9. The molecule has 1 aromatic heterocycles. The molecule has 2 rings (SSSR count). The van der Waals surface area contributed by atoms with E-state index >= 15 is 0 Å². The molecule has 98 valence electrons. The second-order valence-corrected chi connectivity index (χ2v) is 4.22. The van der Waals surface area contributed by atoms with Gasteiger partial charge in [0.15, 0.2) is 11.5 Å². The molecule has 1 aliphatic rings. The Hall–Kier alpha value is -1.53. The van der Waals surface area contributed by atoms with Gasteiger partial charge in [0.2, 0.25) is 0 Å². The van der Waals surface area contributed by atoms with Crippen LogP contribution in [0.15, 0.2) is 0 Å². The maximum Gasteiger partial charge on any atom is 0.354 e. The molecule has 1 aliphatic heterocycles. The zero-order chi connectivity index (χ0) is 13.1. The first-order chi connectivity index (χ1) is 8.67. The van der Waals surface area contributed by atoms with E-state index in [0.717, 1.165) is 17.8 Å². The predicted molar refractivity (Wildman–Crippen MR) is 64.4 cm³/mol. The highest BCUT2D eigenvalue weighted by Gasteiger charge is 2.24. The highest BCUT2D eigenvalue weighted by Crippen LogP contribution is 2.22. The van der Waals surface area contributed by atoms with Crippen LogP contribution in [0.2, 0.25) is 0 Å². The number of hydrogen-bond acceptors (Lipinski definition) is 5. The van der Waals surface area contributed by atoms with Gasteiger partial charge in [-0.25, -0.2) is 14.8 Å². The van der Waals surface area contributed by atoms with Gasteiger partial charge in [0, 0.05) is 19.2 Å². The van der Waals surface area contributed by atoms with Crippen molar-refractivity contribution in [1.29, 1.82) is 0 Å². The van der Waals surface area contributed by atoms with Crippen molar-refractivity contribution in [3.63, 3.8) is 0 Å². The monoisotopic (exact) mass is 251 g/mol. The van der Waals surface area contributed by atoms with E-state index in [4.69, 9.17) is 4.74 Å². The zero-order valence-corrected chi connectivity index (χ0v) is 10.6. The molecule has 0 aromatic carbocycles. The first-order valence-corrected chi connectivity index (χ1v) is 6.03. The Balaban J connectivity index is 2.50. The van der Waals surface area contributed by atoms with E-state index in [-0.39, 0.29) is 11.8 Å². The van der Waals surface area contributed by atoms with Crippen molar-refractivity contribution in [2.45, 2.75) is 32.4 Å². The Morgan fingerprint density at radius 1 is 1.56 bits per heavy atom. The molecule has 18 heavy (non-hydrogen) atoms. The fraction of sp³-hybridized carbons (Fsp3) is 0.583. The number of rotatable bonds is 4. The summed E-state index contributed by atoms with van der Waals surface area (Å²) in [6.07, 6.45) is 1.11. The zero-order valence-electron chi connectivity index (χ0n) is 10.6. The molecule has 1 atom stereocenters. The smallest absolute Gasteiger partial charge is 0.354 e. The van der Waals surface area contributed by atoms with Crippen LogP contribution >= 0.6 is 0 Å². The quantitative estimate of drug-likeness (QED) is 0.827. The number of carbonyl (C=O) groups is 1. The van der Waals surface area contributed by atoms with Crippen LogP contribution in [-0.4, -0.2) is 34.7 Å². The molecular weight excluding hydrogens is 234 g/mol. The molecule has 0 spiro atoms. The standard InChI is InChI=1S/C12H17N3O3/c1-3-9(18-2)11-14-8-6-13-5-4-7(8)10(15-11)12(16)17/h9,13H,3-6H2,1-2H3,(H,16,17). The largest absolute Gasteiger partial charge is 0.477 e. The van der Waals surface area contributed by atoms with Crippen LogP contribution in [0.4, 0.5) is 0 Å². The van der Waals surface area contributed by atoms with E-state index in [2.05, 4.69) is 15.3 Å². The number of carboxylic acid groups (broad SMARTS) is 1. The minimum atomic E-state index is -0.997. The Morgan fingerprint density at radius 2 is 2.33 bits per heavy atom. The Morgan fingerprint density at radius 3 is 2.94 bits per heavy atom. The molecule has 0 bridgehead atoms. The molecule has 0 saturated heterocycles. The van der Waals surface area contributed by atoms with Crippen molar-refractivity contribution in [2.24, 2.45) is 0 Å². The topological polar surface area (TPSA) is 84.3 Å². The first-order valence-electron chi connectivity index (χ1n) is 6.03. The van der Waals surface area contributed by atoms with Crippen LogP contribution < -0.4 is 5.32 Å². The van der Waals surface area contributed by atoms with Crippen LogP contribution in [0.25, 0.3) is 0 Å². The van der Waals surface area contributed by atoms with Crippen LogP contribution in [0, 0.1) is 0 Å². The van der Waals surface area contributed by atoms with Crippen LogP contribution in [-0.2, 0) is 17.7 Å². The second kappa shape index (κ2) is 5.41. The minimum absolute atomic E-state index is 0.118. The average Bonchev–Trinajstić information content (AvgIpc) is 2.39. The fourth-order valence-electron chi connectivity index (χ4n) is 2.15. The molecule has 0 aliphatic carbocycles. The van der Waals surface area contributed by atoms with E-state index in [0.29, 0.717) is 25.2 Å². The normalized spacial score (nSPS) is 16.1. The van der Waals surface area contributed by atoms with E-state index in [1.54, 1.807) is 7.11 Å². The SMILES string of the molecule is CCC(OC)c1nc2c(c(C(=O)O)n1)CCNC2. The van der Waals surface area contributed by atoms with Crippen molar-refractivity contribution >= 4 is 5.97 Å². The summed E-state index contributed by atoms with van der Waals surface area (Å²) in [5.74, 6) is -0.539. The number of methoxy groups -OCH3 is 1. The van der Waals surface area contributed by atoms with Gasteiger partial charge in [0.05, 0.1) is 5.69 Å². The molecule has 6 heteroatoms. The third-order valence-electron chi connectivity index (χ3n) is 3.10. The molecular formula is C12H17N3O3. The summed E-state index contributed by atoms with van der Waals surface area (Å²) in [6, 6.07) is 0. The van der Waals surface area contributed by atoms with E-state index < -0.39 is 5.97 Å². The number of nitrogens with one attached hydrogen (secondary N) is 1. The number of carboxylic acids is 1. The van der Waals surface area contributed by atoms with Gasteiger partial charge in [0.25, 0.3) is 0 Å². The van der Waals surface area contributed by atoms with Gasteiger partial charge in [-0.1, -0.05) is 6.92 Å². The van der Waals surface area contributed by atoms with Crippen LogP contribution in [0.5, 0.6) is 0 Å². The van der Waals surface area contributed by atoms with Crippen LogP contribution in [0.3, 0.4) is 0 Å². The lowest BCUT2D eigenvalue weighted by Gasteiger charge is -2.20. The van der Waals surface area contributed by atoms with E-state index in [1.165, 1.54) is 0 Å². The van der Waals surface area contributed by atoms with Gasteiger partial charge in [-0.2, -0.15) is 0 Å². The molecule has 1 aromatic rings. The summed E-state index contributed by atoms with van der Waals surface area (Å²) in [7, 11) is 1.58. The summed E-state index contributed by atoms with van der Waals surface area (Å²) in [5, 5.41) is 12.4. The molecule has 0 amide bonds. The van der Waals surface area contributed by atoms with Gasteiger partial charge < -0.3 is 15.2 Å². The molecule has 0 saturated carbocycles. The van der Waals surface area contributed by atoms with Gasteiger partial charge in [-0.15, -0.1) is 0 Å². The number of nitrogens with zero attached hydrogens (tertiary/aromatic N) is 2. The second-order valence-electron chi connectivity index (χ2n) is 4.22. The highest BCUT2D eigenvalue weighted by atomic mass is 16.5. The summed E-state index contributed by atoms with van der Waals surface area (Å²) in [5.41, 5.74) is 1.64. The Kier molecular flexibility index (Phi) is 3.88. The van der Waals surface area contributed by atoms with E-state index in [1.807, 2.05) is 6.92 Å². The fourth-order valence-corrected chi connectivity index (χ4v) is 2.15. The summed E-state index contributed by atoms with van der Waals surface area (Å²) in [4.78, 5) is 19.9. The summed E-state index contributed by atoms with van der Waals surface area (Å²) < 4.78 is 5.27. The molecule has 2 heterocycles. The maximum atomic E-state index is 11.3. The van der Waals surface area contributed by atoms with Crippen molar-refractivity contribution in [2.75, 3.05) is 13.7 Å². The molecule has 0 fully saturated rings. The van der Waals surface area contributed by atoms with Gasteiger partial charge >= 0.3 is 5.97 Å². The van der Waals surface area contributed by atoms with Gasteiger partial charge in [0.1, 0.15) is 6.10 Å². The van der Waals surface area contributed by atoms with Crippen molar-refractivity contribution in [3.8, 4) is 0 Å². The van der Waals surface area contributed by atoms with Gasteiger partial charge in [-0.05, 0) is 19.4 Å². The molecule has 2 N–H and O–H groups in total. The van der Waals surface area contributed by atoms with Crippen LogP contribution in [0.1, 0.15) is 47.0 Å². The third-order valence-corrected chi connectivity index (χ3v) is 3.10. The maximum absolute atomic E-state index is 11.3. The number of aromatic carboxylic acids is 1. The minimum Gasteiger partial charge on any atom is -0.477 e. The van der Waals surface area contributed by atoms with Crippen molar-refractivity contribution < 1.29 is 14.6 Å². The Labute approximate surface area is 105 Å². The summed E-state index contributed by atoms with van der Waals surface area (Å²) in [6.45, 7) is 3.30. The predicted octanol–water partition coefficient (Wildman–Crippen LogP) is 0.918. The number of fused-ring (bicyclic) bond motifs is 1. The lowest BCUT2D eigenvalue weighted by molar-refractivity contribution is 0.0681. The molecule has 6 nitrogen and oxygen atoms in total. The average molecular weight is 251 g/mol. The summed E-state index contributed by atoms with van der Waals surface area (Å²) >= 11 is 0. The number of aromatic nitrogens is 2. The lowest BCUT2D eigenvalue weighted by atomic mass is 10.0. The third kappa shape index (κ3) is 2.34. The molecule has 1 unspecified atom stereocenters.